The SMILES string of the molecule is CCOC(=O)N1CCC(NC(=O)/C=C/c2ccc(Cl)cc2)CC1. The number of nitrogens with one attached hydrogen (secondary N) is 1. The molecule has 1 aromatic rings. The fraction of sp³-hybridized carbons (Fsp3) is 0.412. The van der Waals surface area contributed by atoms with Crippen LogP contribution in [0.3, 0.4) is 0 Å². The van der Waals surface area contributed by atoms with Gasteiger partial charge >= 0.3 is 6.09 Å². The van der Waals surface area contributed by atoms with Gasteiger partial charge in [0.2, 0.25) is 5.91 Å². The molecule has 1 heterocycles. The molecule has 0 saturated carbocycles. The normalized spacial score (nSPS) is 15.7. The Hall–Kier alpha value is -2.01. The van der Waals surface area contributed by atoms with Gasteiger partial charge in [-0.2, -0.15) is 0 Å². The number of carbonyl (C=O) groups is 2. The van der Waals surface area contributed by atoms with Gasteiger partial charge in [0.25, 0.3) is 0 Å². The Labute approximate surface area is 141 Å². The maximum absolute atomic E-state index is 11.9. The van der Waals surface area contributed by atoms with Crippen LogP contribution >= 0.6 is 11.6 Å². The van der Waals surface area contributed by atoms with Gasteiger partial charge in [-0.1, -0.05) is 23.7 Å². The standard InChI is InChI=1S/C17H21ClN2O3/c1-2-23-17(22)20-11-9-15(10-12-20)19-16(21)8-5-13-3-6-14(18)7-4-13/h3-8,15H,2,9-12H2,1H3,(H,19,21)/b8-5+. The lowest BCUT2D eigenvalue weighted by Gasteiger charge is -2.31. The molecule has 0 aromatic heterocycles. The highest BCUT2D eigenvalue weighted by Gasteiger charge is 2.23. The van der Waals surface area contributed by atoms with Crippen LogP contribution in [-0.2, 0) is 9.53 Å². The van der Waals surface area contributed by atoms with E-state index in [1.807, 2.05) is 12.1 Å². The molecular weight excluding hydrogens is 316 g/mol. The van der Waals surface area contributed by atoms with Gasteiger partial charge in [-0.3, -0.25) is 4.79 Å². The Kier molecular flexibility index (Phi) is 6.47. The van der Waals surface area contributed by atoms with E-state index in [4.69, 9.17) is 16.3 Å². The molecular formula is C17H21ClN2O3. The first kappa shape index (κ1) is 17.3. The number of halogens is 1. The minimum atomic E-state index is -0.278. The predicted octanol–water partition coefficient (Wildman–Crippen LogP) is 3.09. The van der Waals surface area contributed by atoms with Crippen molar-refractivity contribution in [1.29, 1.82) is 0 Å². The summed E-state index contributed by atoms with van der Waals surface area (Å²) in [6.45, 7) is 3.37. The van der Waals surface area contributed by atoms with E-state index in [0.717, 1.165) is 18.4 Å². The Balaban J connectivity index is 1.76. The van der Waals surface area contributed by atoms with Crippen molar-refractivity contribution in [1.82, 2.24) is 10.2 Å². The second-order valence-corrected chi connectivity index (χ2v) is 5.79. The number of ether oxygens (including phenoxy) is 1. The molecule has 2 amide bonds. The molecule has 0 bridgehead atoms. The minimum Gasteiger partial charge on any atom is -0.450 e. The maximum atomic E-state index is 11.9. The molecule has 1 aromatic carbocycles. The van der Waals surface area contributed by atoms with Gasteiger partial charge in [-0.25, -0.2) is 4.79 Å². The number of likely N-dealkylation sites (tertiary alicyclic amines) is 1. The number of benzene rings is 1. The summed E-state index contributed by atoms with van der Waals surface area (Å²) in [7, 11) is 0. The van der Waals surface area contributed by atoms with Gasteiger partial charge in [0.15, 0.2) is 0 Å². The Bertz CT molecular complexity index is 564. The molecule has 0 radical (unpaired) electrons. The zero-order chi connectivity index (χ0) is 16.7. The summed E-state index contributed by atoms with van der Waals surface area (Å²) < 4.78 is 4.97. The van der Waals surface area contributed by atoms with Crippen molar-refractivity contribution in [3.63, 3.8) is 0 Å². The van der Waals surface area contributed by atoms with Gasteiger partial charge in [0.05, 0.1) is 6.61 Å². The van der Waals surface area contributed by atoms with E-state index in [1.165, 1.54) is 6.08 Å². The number of amides is 2. The third kappa shape index (κ3) is 5.60. The van der Waals surface area contributed by atoms with Crippen molar-refractivity contribution in [2.24, 2.45) is 0 Å². The monoisotopic (exact) mass is 336 g/mol. The van der Waals surface area contributed by atoms with Crippen LogP contribution in [-0.4, -0.2) is 42.6 Å². The van der Waals surface area contributed by atoms with Gasteiger partial charge in [0.1, 0.15) is 0 Å². The number of rotatable bonds is 4. The van der Waals surface area contributed by atoms with Gasteiger partial charge in [-0.05, 0) is 43.5 Å². The first-order chi connectivity index (χ1) is 11.1. The molecule has 1 N–H and O–H groups in total. The van der Waals surface area contributed by atoms with Crippen LogP contribution in [0, 0.1) is 0 Å². The Morgan fingerprint density at radius 3 is 2.57 bits per heavy atom. The highest BCUT2D eigenvalue weighted by Crippen LogP contribution is 2.12. The van der Waals surface area contributed by atoms with E-state index >= 15 is 0 Å². The van der Waals surface area contributed by atoms with Crippen molar-refractivity contribution in [3.8, 4) is 0 Å². The fourth-order valence-electron chi connectivity index (χ4n) is 2.42. The fourth-order valence-corrected chi connectivity index (χ4v) is 2.54. The van der Waals surface area contributed by atoms with Crippen LogP contribution in [0.4, 0.5) is 4.79 Å². The van der Waals surface area contributed by atoms with Gasteiger partial charge in [-0.15, -0.1) is 0 Å². The average Bonchev–Trinajstić information content (AvgIpc) is 2.55. The summed E-state index contributed by atoms with van der Waals surface area (Å²) in [4.78, 5) is 25.2. The molecule has 1 fully saturated rings. The first-order valence-corrected chi connectivity index (χ1v) is 8.12. The predicted molar refractivity (Wildman–Crippen MR) is 90.2 cm³/mol. The van der Waals surface area contributed by atoms with Crippen LogP contribution < -0.4 is 5.32 Å². The number of hydrogen-bond acceptors (Lipinski definition) is 3. The lowest BCUT2D eigenvalue weighted by Crippen LogP contribution is -2.46. The number of hydrogen-bond donors (Lipinski definition) is 1. The van der Waals surface area contributed by atoms with E-state index in [0.29, 0.717) is 24.7 Å². The second-order valence-electron chi connectivity index (χ2n) is 5.35. The minimum absolute atomic E-state index is 0.0862. The van der Waals surface area contributed by atoms with Crippen molar-refractivity contribution in [3.05, 3.63) is 40.9 Å². The van der Waals surface area contributed by atoms with Crippen molar-refractivity contribution < 1.29 is 14.3 Å². The van der Waals surface area contributed by atoms with E-state index < -0.39 is 0 Å². The zero-order valence-corrected chi connectivity index (χ0v) is 13.9. The van der Waals surface area contributed by atoms with Crippen LogP contribution in [0.2, 0.25) is 5.02 Å². The Morgan fingerprint density at radius 1 is 1.30 bits per heavy atom. The third-order valence-corrected chi connectivity index (χ3v) is 3.92. The molecule has 0 atom stereocenters. The summed E-state index contributed by atoms with van der Waals surface area (Å²) in [6.07, 6.45) is 4.46. The smallest absolute Gasteiger partial charge is 0.409 e. The summed E-state index contributed by atoms with van der Waals surface area (Å²) >= 11 is 5.82. The van der Waals surface area contributed by atoms with Crippen LogP contribution in [0.1, 0.15) is 25.3 Å². The van der Waals surface area contributed by atoms with E-state index in [9.17, 15) is 9.59 Å². The van der Waals surface area contributed by atoms with Gasteiger partial charge < -0.3 is 15.0 Å². The van der Waals surface area contributed by atoms with Crippen LogP contribution in [0.5, 0.6) is 0 Å². The molecule has 1 saturated heterocycles. The maximum Gasteiger partial charge on any atom is 0.409 e. The molecule has 1 aliphatic rings. The quantitative estimate of drug-likeness (QED) is 0.859. The summed E-state index contributed by atoms with van der Waals surface area (Å²) in [6, 6.07) is 7.35. The first-order valence-electron chi connectivity index (χ1n) is 7.74. The molecule has 23 heavy (non-hydrogen) atoms. The summed E-state index contributed by atoms with van der Waals surface area (Å²) in [5, 5.41) is 3.63. The van der Waals surface area contributed by atoms with Gasteiger partial charge in [0, 0.05) is 30.2 Å². The van der Waals surface area contributed by atoms with E-state index in [2.05, 4.69) is 5.32 Å². The zero-order valence-electron chi connectivity index (χ0n) is 13.1. The summed E-state index contributed by atoms with van der Waals surface area (Å²) in [5.74, 6) is -0.130. The van der Waals surface area contributed by atoms with Crippen molar-refractivity contribution in [2.45, 2.75) is 25.8 Å². The summed E-state index contributed by atoms with van der Waals surface area (Å²) in [5.41, 5.74) is 0.918. The number of carbonyl (C=O) groups excluding carboxylic acids is 2. The molecule has 124 valence electrons. The number of nitrogens with zero attached hydrogens (tertiary/aromatic N) is 1. The highest BCUT2D eigenvalue weighted by atomic mass is 35.5. The topological polar surface area (TPSA) is 58.6 Å². The molecule has 1 aliphatic heterocycles. The number of piperidine rings is 1. The average molecular weight is 337 g/mol. The van der Waals surface area contributed by atoms with E-state index in [-0.39, 0.29) is 18.0 Å². The van der Waals surface area contributed by atoms with Crippen molar-refractivity contribution >= 4 is 29.7 Å². The molecule has 0 aliphatic carbocycles. The lowest BCUT2D eigenvalue weighted by atomic mass is 10.1. The van der Waals surface area contributed by atoms with Crippen molar-refractivity contribution in [2.75, 3.05) is 19.7 Å². The molecule has 5 nitrogen and oxygen atoms in total. The highest BCUT2D eigenvalue weighted by molar-refractivity contribution is 6.30. The van der Waals surface area contributed by atoms with E-state index in [1.54, 1.807) is 30.0 Å². The lowest BCUT2D eigenvalue weighted by molar-refractivity contribution is -0.117. The Morgan fingerprint density at radius 2 is 1.96 bits per heavy atom. The molecule has 0 unspecified atom stereocenters. The molecule has 0 spiro atoms. The molecule has 2 rings (SSSR count). The largest absolute Gasteiger partial charge is 0.450 e. The third-order valence-electron chi connectivity index (χ3n) is 3.66. The van der Waals surface area contributed by atoms with Crippen LogP contribution in [0.15, 0.2) is 30.3 Å². The second kappa shape index (κ2) is 8.58. The molecule has 6 heteroatoms. The van der Waals surface area contributed by atoms with Crippen LogP contribution in [0.25, 0.3) is 6.08 Å².